The van der Waals surface area contributed by atoms with Crippen molar-refractivity contribution in [3.05, 3.63) is 29.6 Å². The minimum Gasteiger partial charge on any atom is -0.461 e. The van der Waals surface area contributed by atoms with E-state index < -0.39 is 24.3 Å². The lowest BCUT2D eigenvalue weighted by Crippen LogP contribution is -2.29. The Labute approximate surface area is 90.2 Å². The van der Waals surface area contributed by atoms with Crippen LogP contribution in [0.25, 0.3) is 0 Å². The van der Waals surface area contributed by atoms with Gasteiger partial charge in [-0.2, -0.15) is 8.78 Å². The minimum atomic E-state index is -3.80. The molecule has 0 spiro atoms. The van der Waals surface area contributed by atoms with Gasteiger partial charge in [0, 0.05) is 11.8 Å². The van der Waals surface area contributed by atoms with E-state index in [4.69, 9.17) is 0 Å². The quantitative estimate of drug-likeness (QED) is 0.748. The molecule has 0 amide bonds. The molecule has 0 aromatic carbocycles. The highest BCUT2D eigenvalue weighted by atomic mass is 19.3. The Bertz CT molecular complexity index is 365. The maximum absolute atomic E-state index is 13.3. The smallest absolute Gasteiger partial charge is 0.384 e. The summed E-state index contributed by atoms with van der Waals surface area (Å²) in [7, 11) is 0. The number of esters is 1. The monoisotopic (exact) mass is 233 g/mol. The molecule has 1 aromatic heterocycles. The predicted octanol–water partition coefficient (Wildman–Crippen LogP) is 2.21. The zero-order valence-corrected chi connectivity index (χ0v) is 8.54. The van der Waals surface area contributed by atoms with Crippen LogP contribution >= 0.6 is 0 Å². The SMILES string of the molecule is CCOC(=O)C(F)(F)c1ccc(CF)cn1. The fourth-order valence-electron chi connectivity index (χ4n) is 1.02. The van der Waals surface area contributed by atoms with Gasteiger partial charge >= 0.3 is 11.9 Å². The van der Waals surface area contributed by atoms with Crippen molar-refractivity contribution < 1.29 is 22.7 Å². The highest BCUT2D eigenvalue weighted by Crippen LogP contribution is 2.27. The van der Waals surface area contributed by atoms with Crippen LogP contribution in [-0.4, -0.2) is 17.6 Å². The van der Waals surface area contributed by atoms with Gasteiger partial charge in [-0.3, -0.25) is 4.98 Å². The molecule has 3 nitrogen and oxygen atoms in total. The maximum Gasteiger partial charge on any atom is 0.384 e. The van der Waals surface area contributed by atoms with Crippen LogP contribution in [-0.2, 0) is 22.1 Å². The van der Waals surface area contributed by atoms with Crippen LogP contribution in [0.2, 0.25) is 0 Å². The summed E-state index contributed by atoms with van der Waals surface area (Å²) in [6, 6.07) is 2.06. The Balaban J connectivity index is 2.93. The second-order valence-corrected chi connectivity index (χ2v) is 2.98. The molecule has 0 saturated carbocycles. The van der Waals surface area contributed by atoms with E-state index in [-0.39, 0.29) is 12.2 Å². The maximum atomic E-state index is 13.3. The first-order valence-electron chi connectivity index (χ1n) is 4.58. The van der Waals surface area contributed by atoms with E-state index in [0.29, 0.717) is 0 Å². The van der Waals surface area contributed by atoms with Crippen LogP contribution in [0, 0.1) is 0 Å². The Morgan fingerprint density at radius 2 is 2.19 bits per heavy atom. The van der Waals surface area contributed by atoms with Gasteiger partial charge in [-0.15, -0.1) is 0 Å². The fraction of sp³-hybridized carbons (Fsp3) is 0.400. The van der Waals surface area contributed by atoms with Gasteiger partial charge in [0.25, 0.3) is 0 Å². The molecule has 1 heterocycles. The molecule has 0 aliphatic rings. The number of hydrogen-bond acceptors (Lipinski definition) is 3. The van der Waals surface area contributed by atoms with Crippen LogP contribution in [0.15, 0.2) is 18.3 Å². The molecule has 0 aliphatic heterocycles. The second kappa shape index (κ2) is 4.96. The average Bonchev–Trinajstić information content (AvgIpc) is 2.29. The van der Waals surface area contributed by atoms with Crippen LogP contribution in [0.1, 0.15) is 18.2 Å². The first kappa shape index (κ1) is 12.5. The minimum absolute atomic E-state index is 0.142. The molecule has 0 unspecified atom stereocenters. The van der Waals surface area contributed by atoms with Crippen molar-refractivity contribution in [3.63, 3.8) is 0 Å². The molecule has 6 heteroatoms. The van der Waals surface area contributed by atoms with E-state index in [2.05, 4.69) is 9.72 Å². The standard InChI is InChI=1S/C10H10F3NO2/c1-2-16-9(15)10(12,13)8-4-3-7(5-11)6-14-8/h3-4,6H,2,5H2,1H3. The van der Waals surface area contributed by atoms with Crippen LogP contribution < -0.4 is 0 Å². The van der Waals surface area contributed by atoms with E-state index in [9.17, 15) is 18.0 Å². The summed E-state index contributed by atoms with van der Waals surface area (Å²) in [5.74, 6) is -5.46. The summed E-state index contributed by atoms with van der Waals surface area (Å²) in [4.78, 5) is 14.3. The summed E-state index contributed by atoms with van der Waals surface area (Å²) < 4.78 is 43.0. The highest BCUT2D eigenvalue weighted by Gasteiger charge is 2.44. The zero-order chi connectivity index (χ0) is 12.2. The number of aromatic nitrogens is 1. The fourth-order valence-corrected chi connectivity index (χ4v) is 1.02. The first-order chi connectivity index (χ1) is 7.52. The van der Waals surface area contributed by atoms with Gasteiger partial charge in [0.1, 0.15) is 12.4 Å². The van der Waals surface area contributed by atoms with E-state index >= 15 is 0 Å². The third kappa shape index (κ3) is 2.50. The Kier molecular flexibility index (Phi) is 3.87. The molecular weight excluding hydrogens is 223 g/mol. The molecule has 1 rings (SSSR count). The molecule has 88 valence electrons. The first-order valence-corrected chi connectivity index (χ1v) is 4.58. The predicted molar refractivity (Wildman–Crippen MR) is 49.6 cm³/mol. The van der Waals surface area contributed by atoms with E-state index in [1.165, 1.54) is 6.92 Å². The topological polar surface area (TPSA) is 39.2 Å². The summed E-state index contributed by atoms with van der Waals surface area (Å²) in [5, 5.41) is 0. The number of alkyl halides is 3. The third-order valence-corrected chi connectivity index (χ3v) is 1.83. The molecule has 0 saturated heterocycles. The molecular formula is C10H10F3NO2. The van der Waals surface area contributed by atoms with Crippen molar-refractivity contribution in [2.24, 2.45) is 0 Å². The van der Waals surface area contributed by atoms with E-state index in [0.717, 1.165) is 18.3 Å². The molecule has 1 aromatic rings. The van der Waals surface area contributed by atoms with Crippen LogP contribution in [0.4, 0.5) is 13.2 Å². The number of halogens is 3. The normalized spacial score (nSPS) is 11.2. The average molecular weight is 233 g/mol. The molecule has 16 heavy (non-hydrogen) atoms. The van der Waals surface area contributed by atoms with E-state index in [1.807, 2.05) is 0 Å². The lowest BCUT2D eigenvalue weighted by atomic mass is 10.2. The molecule has 0 fully saturated rings. The molecule has 0 atom stereocenters. The summed E-state index contributed by atoms with van der Waals surface area (Å²) >= 11 is 0. The lowest BCUT2D eigenvalue weighted by molar-refractivity contribution is -0.173. The summed E-state index contributed by atoms with van der Waals surface area (Å²) in [6.45, 7) is 0.489. The van der Waals surface area contributed by atoms with Gasteiger partial charge in [0.05, 0.1) is 6.61 Å². The van der Waals surface area contributed by atoms with Crippen molar-refractivity contribution in [2.75, 3.05) is 6.61 Å². The van der Waals surface area contributed by atoms with Gasteiger partial charge < -0.3 is 4.74 Å². The Morgan fingerprint density at radius 1 is 1.50 bits per heavy atom. The van der Waals surface area contributed by atoms with Crippen LogP contribution in [0.5, 0.6) is 0 Å². The molecule has 0 radical (unpaired) electrons. The summed E-state index contributed by atoms with van der Waals surface area (Å²) in [6.07, 6.45) is 0.961. The lowest BCUT2D eigenvalue weighted by Gasteiger charge is -2.13. The van der Waals surface area contributed by atoms with Crippen molar-refractivity contribution in [1.29, 1.82) is 0 Å². The number of hydrogen-bond donors (Lipinski definition) is 0. The number of rotatable bonds is 4. The Morgan fingerprint density at radius 3 is 2.62 bits per heavy atom. The van der Waals surface area contributed by atoms with Gasteiger partial charge in [-0.25, -0.2) is 9.18 Å². The highest BCUT2D eigenvalue weighted by molar-refractivity contribution is 5.78. The number of carbonyl (C=O) groups excluding carboxylic acids is 1. The number of ether oxygens (including phenoxy) is 1. The molecule has 0 bridgehead atoms. The number of pyridine rings is 1. The second-order valence-electron chi connectivity index (χ2n) is 2.98. The van der Waals surface area contributed by atoms with Gasteiger partial charge in [-0.05, 0) is 13.0 Å². The number of nitrogens with zero attached hydrogens (tertiary/aromatic N) is 1. The molecule has 0 N–H and O–H groups in total. The van der Waals surface area contributed by atoms with Crippen molar-refractivity contribution >= 4 is 5.97 Å². The van der Waals surface area contributed by atoms with Crippen LogP contribution in [0.3, 0.4) is 0 Å². The zero-order valence-electron chi connectivity index (χ0n) is 8.54. The van der Waals surface area contributed by atoms with Crippen molar-refractivity contribution in [1.82, 2.24) is 4.98 Å². The van der Waals surface area contributed by atoms with E-state index in [1.54, 1.807) is 0 Å². The van der Waals surface area contributed by atoms with Gasteiger partial charge in [0.15, 0.2) is 0 Å². The largest absolute Gasteiger partial charge is 0.461 e. The summed E-state index contributed by atoms with van der Waals surface area (Å²) in [5.41, 5.74) is -0.577. The van der Waals surface area contributed by atoms with Gasteiger partial charge in [-0.1, -0.05) is 6.07 Å². The van der Waals surface area contributed by atoms with Gasteiger partial charge in [0.2, 0.25) is 0 Å². The third-order valence-electron chi connectivity index (χ3n) is 1.83. The van der Waals surface area contributed by atoms with Crippen molar-refractivity contribution in [3.8, 4) is 0 Å². The molecule has 0 aliphatic carbocycles. The number of carbonyl (C=O) groups is 1. The Hall–Kier alpha value is -1.59. The van der Waals surface area contributed by atoms with Crippen molar-refractivity contribution in [2.45, 2.75) is 19.5 Å².